The van der Waals surface area contributed by atoms with E-state index in [2.05, 4.69) is 14.9 Å². The molecular weight excluding hydrogens is 380 g/mol. The highest BCUT2D eigenvalue weighted by Gasteiger charge is 2.15. The number of hydrogen-bond donors (Lipinski definition) is 0. The summed E-state index contributed by atoms with van der Waals surface area (Å²) in [4.78, 5) is 22.9. The van der Waals surface area contributed by atoms with Crippen molar-refractivity contribution in [2.24, 2.45) is 0 Å². The maximum absolute atomic E-state index is 13.5. The molecule has 0 radical (unpaired) electrons. The Kier molecular flexibility index (Phi) is 6.03. The Morgan fingerprint density at radius 3 is 2.41 bits per heavy atom. The number of fused-ring (bicyclic) bond motifs is 1. The lowest BCUT2D eigenvalue weighted by atomic mass is 10.0. The zero-order chi connectivity index (χ0) is 20.8. The van der Waals surface area contributed by atoms with Crippen molar-refractivity contribution in [1.29, 1.82) is 0 Å². The number of carbonyl (C=O) groups excluding carboxylic acids is 2. The fraction of sp³-hybridized carbons (Fsp3) is 0.0476. The van der Waals surface area contributed by atoms with E-state index in [1.54, 1.807) is 34.7 Å². The summed E-state index contributed by atoms with van der Waals surface area (Å²) in [6.07, 6.45) is 2.94. The van der Waals surface area contributed by atoms with Gasteiger partial charge in [-0.2, -0.15) is 0 Å². The molecule has 4 rings (SSSR count). The lowest BCUT2D eigenvalue weighted by molar-refractivity contribution is 0.0600. The predicted molar refractivity (Wildman–Crippen MR) is 101 cm³/mol. The zero-order valence-electron chi connectivity index (χ0n) is 15.3. The summed E-state index contributed by atoms with van der Waals surface area (Å²) in [5.41, 5.74) is 1.27. The molecule has 0 aliphatic heterocycles. The van der Waals surface area contributed by atoms with Gasteiger partial charge in [-0.25, -0.2) is 13.6 Å². The first-order valence-electron chi connectivity index (χ1n) is 8.42. The average molecular weight is 395 g/mol. The van der Waals surface area contributed by atoms with Crippen molar-refractivity contribution >= 4 is 17.4 Å². The van der Waals surface area contributed by atoms with E-state index < -0.39 is 17.4 Å². The molecule has 0 saturated heterocycles. The second-order valence-electron chi connectivity index (χ2n) is 5.83. The van der Waals surface area contributed by atoms with Crippen molar-refractivity contribution in [2.45, 2.75) is 0 Å². The third-order valence-corrected chi connectivity index (χ3v) is 3.92. The van der Waals surface area contributed by atoms with Gasteiger partial charge < -0.3 is 4.74 Å². The van der Waals surface area contributed by atoms with Crippen molar-refractivity contribution in [3.63, 3.8) is 0 Å². The van der Waals surface area contributed by atoms with Crippen molar-refractivity contribution in [3.05, 3.63) is 102 Å². The van der Waals surface area contributed by atoms with Gasteiger partial charge in [0.05, 0.1) is 18.2 Å². The van der Waals surface area contributed by atoms with E-state index in [0.29, 0.717) is 17.3 Å². The fourth-order valence-corrected chi connectivity index (χ4v) is 2.48. The van der Waals surface area contributed by atoms with Crippen LogP contribution in [0.4, 0.5) is 8.78 Å². The number of carbonyl (C=O) groups is 2. The number of esters is 1. The Morgan fingerprint density at radius 2 is 1.72 bits per heavy atom. The molecule has 146 valence electrons. The van der Waals surface area contributed by atoms with E-state index in [4.69, 9.17) is 0 Å². The van der Waals surface area contributed by atoms with Crippen molar-refractivity contribution < 1.29 is 23.1 Å². The first-order valence-corrected chi connectivity index (χ1v) is 8.42. The number of ether oxygens (including phenoxy) is 1. The van der Waals surface area contributed by atoms with Crippen LogP contribution in [0.3, 0.4) is 0 Å². The van der Waals surface area contributed by atoms with Gasteiger partial charge in [-0.05, 0) is 36.4 Å². The summed E-state index contributed by atoms with van der Waals surface area (Å²) in [6.45, 7) is 0. The Morgan fingerprint density at radius 1 is 0.966 bits per heavy atom. The third kappa shape index (κ3) is 4.67. The molecule has 0 aliphatic carbocycles. The molecule has 6 nitrogen and oxygen atoms in total. The number of rotatable bonds is 3. The van der Waals surface area contributed by atoms with Crippen LogP contribution in [0.25, 0.3) is 5.65 Å². The molecule has 0 N–H and O–H groups in total. The molecule has 0 bridgehead atoms. The summed E-state index contributed by atoms with van der Waals surface area (Å²) in [5, 5.41) is 7.48. The predicted octanol–water partition coefficient (Wildman–Crippen LogP) is 3.71. The van der Waals surface area contributed by atoms with Gasteiger partial charge in [-0.15, -0.1) is 10.2 Å². The van der Waals surface area contributed by atoms with Crippen LogP contribution in [0.2, 0.25) is 0 Å². The summed E-state index contributed by atoms with van der Waals surface area (Å²) < 4.78 is 32.4. The minimum Gasteiger partial charge on any atom is -0.465 e. The van der Waals surface area contributed by atoms with Crippen LogP contribution in [0.5, 0.6) is 0 Å². The van der Waals surface area contributed by atoms with Gasteiger partial charge in [0, 0.05) is 17.8 Å². The molecule has 2 heterocycles. The molecule has 2 aromatic carbocycles. The largest absolute Gasteiger partial charge is 0.465 e. The molecule has 29 heavy (non-hydrogen) atoms. The number of hydrogen-bond acceptors (Lipinski definition) is 5. The molecule has 0 aliphatic rings. The van der Waals surface area contributed by atoms with Gasteiger partial charge in [0.25, 0.3) is 0 Å². The lowest BCUT2D eigenvalue weighted by Gasteiger charge is -2.03. The van der Waals surface area contributed by atoms with Gasteiger partial charge in [-0.3, -0.25) is 9.20 Å². The van der Waals surface area contributed by atoms with Crippen LogP contribution in [-0.4, -0.2) is 33.5 Å². The summed E-state index contributed by atoms with van der Waals surface area (Å²) in [6, 6.07) is 14.9. The molecule has 0 saturated carbocycles. The van der Waals surface area contributed by atoms with Crippen LogP contribution >= 0.6 is 0 Å². The Bertz CT molecular complexity index is 1160. The number of aromatic nitrogens is 3. The molecule has 8 heteroatoms. The van der Waals surface area contributed by atoms with Crippen LogP contribution in [0.1, 0.15) is 26.3 Å². The highest BCUT2D eigenvalue weighted by molar-refractivity contribution is 6.09. The van der Waals surface area contributed by atoms with Gasteiger partial charge in [0.1, 0.15) is 18.0 Å². The molecule has 0 unspecified atom stereocenters. The summed E-state index contributed by atoms with van der Waals surface area (Å²) in [7, 11) is 1.37. The number of halogens is 2. The number of benzene rings is 2. The molecular formula is C21H15F2N3O3. The quantitative estimate of drug-likeness (QED) is 0.391. The highest BCUT2D eigenvalue weighted by atomic mass is 19.1. The second-order valence-corrected chi connectivity index (χ2v) is 5.83. The minimum absolute atomic E-state index is 0.172. The molecule has 2 aromatic heterocycles. The standard InChI is InChI=1S/C13H7F2N3O.C8H8O2/c14-9-2-3-10(11(15)5-9)13(19)8-1-4-12-17-16-7-18(12)6-8;1-10-8(9)7-5-3-2-4-6-7/h1-7H;2-6H,1H3. The van der Waals surface area contributed by atoms with Crippen molar-refractivity contribution in [2.75, 3.05) is 7.11 Å². The topological polar surface area (TPSA) is 73.6 Å². The summed E-state index contributed by atoms with van der Waals surface area (Å²) >= 11 is 0. The van der Waals surface area contributed by atoms with E-state index in [0.717, 1.165) is 12.1 Å². The maximum Gasteiger partial charge on any atom is 0.337 e. The summed E-state index contributed by atoms with van der Waals surface area (Å²) in [5.74, 6) is -2.41. The molecule has 0 fully saturated rings. The Labute approximate surface area is 164 Å². The van der Waals surface area contributed by atoms with Crippen LogP contribution in [0.15, 0.2) is 73.2 Å². The SMILES string of the molecule is COC(=O)c1ccccc1.O=C(c1ccc2nncn2c1)c1ccc(F)cc1F. The molecule has 0 amide bonds. The number of ketones is 1. The zero-order valence-corrected chi connectivity index (χ0v) is 15.3. The van der Waals surface area contributed by atoms with Gasteiger partial charge in [-0.1, -0.05) is 18.2 Å². The second kappa shape index (κ2) is 8.83. The first-order chi connectivity index (χ1) is 14.0. The molecule has 0 spiro atoms. The van der Waals surface area contributed by atoms with Gasteiger partial charge >= 0.3 is 5.97 Å². The van der Waals surface area contributed by atoms with E-state index in [1.807, 2.05) is 6.07 Å². The monoisotopic (exact) mass is 395 g/mol. The maximum atomic E-state index is 13.5. The van der Waals surface area contributed by atoms with Crippen molar-refractivity contribution in [3.8, 4) is 0 Å². The van der Waals surface area contributed by atoms with E-state index >= 15 is 0 Å². The van der Waals surface area contributed by atoms with E-state index in [-0.39, 0.29) is 17.1 Å². The molecule has 4 aromatic rings. The van der Waals surface area contributed by atoms with E-state index in [9.17, 15) is 18.4 Å². The van der Waals surface area contributed by atoms with Gasteiger partial charge in [0.15, 0.2) is 11.4 Å². The van der Waals surface area contributed by atoms with Crippen molar-refractivity contribution in [1.82, 2.24) is 14.6 Å². The Balaban J connectivity index is 0.000000204. The number of pyridine rings is 1. The van der Waals surface area contributed by atoms with Crippen LogP contribution in [-0.2, 0) is 4.74 Å². The number of methoxy groups -OCH3 is 1. The normalized spacial score (nSPS) is 10.2. The highest BCUT2D eigenvalue weighted by Crippen LogP contribution is 2.15. The Hall–Kier alpha value is -3.94. The average Bonchev–Trinajstić information content (AvgIpc) is 3.22. The lowest BCUT2D eigenvalue weighted by Crippen LogP contribution is -2.05. The van der Waals surface area contributed by atoms with E-state index in [1.165, 1.54) is 25.7 Å². The van der Waals surface area contributed by atoms with Gasteiger partial charge in [0.2, 0.25) is 0 Å². The van der Waals surface area contributed by atoms with Crippen LogP contribution < -0.4 is 0 Å². The first kappa shape index (κ1) is 19.8. The number of nitrogens with zero attached hydrogens (tertiary/aromatic N) is 3. The smallest absolute Gasteiger partial charge is 0.337 e. The van der Waals surface area contributed by atoms with Crippen LogP contribution in [0, 0.1) is 11.6 Å². The third-order valence-electron chi connectivity index (χ3n) is 3.92. The fourth-order valence-electron chi connectivity index (χ4n) is 2.48. The molecule has 0 atom stereocenters. The minimum atomic E-state index is -0.881.